The van der Waals surface area contributed by atoms with Crippen LogP contribution in [0.15, 0.2) is 108 Å². The first-order valence-corrected chi connectivity index (χ1v) is 33.8. The van der Waals surface area contributed by atoms with Crippen molar-refractivity contribution in [2.45, 2.75) is 61.4 Å². The van der Waals surface area contributed by atoms with E-state index in [1.807, 2.05) is 52.3 Å². The largest absolute Gasteiger partial charge is 0.478 e. The number of thioether (sulfide) groups is 1. The van der Waals surface area contributed by atoms with Gasteiger partial charge < -0.3 is 35.2 Å². The van der Waals surface area contributed by atoms with Gasteiger partial charge in [-0.15, -0.1) is 48.9 Å². The van der Waals surface area contributed by atoms with Gasteiger partial charge in [0.15, 0.2) is 0 Å². The number of carboxylic acid groups (broad SMARTS) is 1. The van der Waals surface area contributed by atoms with Gasteiger partial charge in [-0.1, -0.05) is 129 Å². The van der Waals surface area contributed by atoms with E-state index in [4.69, 9.17) is 79.8 Å². The van der Waals surface area contributed by atoms with Crippen molar-refractivity contribution in [3.8, 4) is 108 Å². The summed E-state index contributed by atoms with van der Waals surface area (Å²) >= 11 is 26.4. The number of fused-ring (bicyclic) bond motifs is 2. The van der Waals surface area contributed by atoms with Crippen LogP contribution in [0.1, 0.15) is 65.0 Å². The van der Waals surface area contributed by atoms with E-state index in [2.05, 4.69) is 127 Å². The molecular weight excluding hydrogens is 1490 g/mol. The molecule has 4 unspecified atom stereocenters. The molecule has 468 valence electrons. The molecular formula is C69H61Cl3N3O9P3S3Y2-2. The maximum absolute atomic E-state index is 12.3. The molecule has 5 heterocycles. The van der Waals surface area contributed by atoms with Crippen molar-refractivity contribution in [1.82, 2.24) is 14.7 Å². The van der Waals surface area contributed by atoms with Gasteiger partial charge in [0.2, 0.25) is 5.12 Å². The van der Waals surface area contributed by atoms with Crippen LogP contribution in [0.5, 0.6) is 0 Å². The normalized spacial score (nSPS) is 16.5. The molecule has 0 saturated carbocycles. The molecule has 1 N–H and O–H groups in total. The van der Waals surface area contributed by atoms with Crippen molar-refractivity contribution >= 4 is 125 Å². The molecule has 4 aliphatic rings. The number of halogens is 3. The van der Waals surface area contributed by atoms with Crippen molar-refractivity contribution < 1.29 is 109 Å². The van der Waals surface area contributed by atoms with E-state index < -0.39 is 45.9 Å². The summed E-state index contributed by atoms with van der Waals surface area (Å²) in [6, 6.07) is 22.3. The Kier molecular flexibility index (Phi) is 41.3. The summed E-state index contributed by atoms with van der Waals surface area (Å²) in [4.78, 5) is 66.9. The van der Waals surface area contributed by atoms with Gasteiger partial charge in [-0.2, -0.15) is 12.6 Å². The number of hydrogen-bond acceptors (Lipinski definition) is 14. The number of thiophene rings is 1. The number of carbonyl (C=O) groups excluding carboxylic acids is 4. The van der Waals surface area contributed by atoms with E-state index in [0.717, 1.165) is 55.3 Å². The number of thiol groups is 1. The quantitative estimate of drug-likeness (QED) is 0.0264. The monoisotopic (exact) mass is 1550 g/mol. The van der Waals surface area contributed by atoms with Crippen molar-refractivity contribution in [2.75, 3.05) is 54.1 Å². The summed E-state index contributed by atoms with van der Waals surface area (Å²) in [6.07, 6.45) is 26.0. The van der Waals surface area contributed by atoms with Gasteiger partial charge in [-0.25, -0.2) is 25.1 Å². The van der Waals surface area contributed by atoms with E-state index >= 15 is 0 Å². The smallest absolute Gasteiger partial charge is 0.328 e. The summed E-state index contributed by atoms with van der Waals surface area (Å²) in [5.74, 6) is 22.8. The van der Waals surface area contributed by atoms with E-state index in [1.165, 1.54) is 43.5 Å². The Bertz CT molecular complexity index is 3790. The predicted molar refractivity (Wildman–Crippen MR) is 374 cm³/mol. The van der Waals surface area contributed by atoms with Gasteiger partial charge in [0, 0.05) is 157 Å². The molecule has 7 atom stereocenters. The molecule has 0 bridgehead atoms. The summed E-state index contributed by atoms with van der Waals surface area (Å²) in [5, 5.41) is 13.6. The second-order valence-corrected chi connectivity index (χ2v) is 26.1. The fourth-order valence-electron chi connectivity index (χ4n) is 9.40. The minimum absolute atomic E-state index is 0. The van der Waals surface area contributed by atoms with Crippen molar-refractivity contribution in [2.24, 2.45) is 0 Å². The van der Waals surface area contributed by atoms with Crippen LogP contribution in [0.2, 0.25) is 15.1 Å². The predicted octanol–water partition coefficient (Wildman–Crippen LogP) is 12.6. The van der Waals surface area contributed by atoms with Crippen LogP contribution >= 0.6 is 95.6 Å². The van der Waals surface area contributed by atoms with Crippen LogP contribution in [0, 0.1) is 120 Å². The number of nitrogens with zero attached hydrogens (tertiary/aromatic N) is 3. The molecule has 3 aromatic carbocycles. The number of rotatable bonds is 12. The molecule has 23 heteroatoms. The number of methoxy groups -OCH3 is 3. The van der Waals surface area contributed by atoms with Gasteiger partial charge in [0.05, 0.1) is 21.3 Å². The van der Waals surface area contributed by atoms with E-state index in [9.17, 15) is 24.0 Å². The molecule has 0 aliphatic carbocycles. The standard InChI is InChI=1S/C20H7P2.C16H18ClNO4S.C16H16ClNO3S.C16H16ClNO2S.CH4P.2Y/c1-6-11-15-20(21(16-10-5)17-12-7-2)22(18-13-8-3)19-14-9-4;1-22-16(21)15(11-4-2-3-5-12(11)17)18-7-6-13(23)10(9-18)8-14(19)20;1-21-16(20)15(11-4-2-3-5-12(11)17)18-7-6-13-10(9-18)8-14(19)22-13;1-20-16(19)15(12-4-2-3-5-13(12)17)18-8-6-14-11(10-18)7-9-21-14;1-2;;/h1-4H,5H3;2-5,8,13,15,23H,6-7,9H2,1H3,(H,19,20);2-5,8,13,15H,6-7,9H2,1H3;2-5,7,9,15H,6,8,10H2,1H3;1-2H2;;/q-1;;;;-1;;/t;2*13?,15-;15-;;;/m.000.../s1. The molecule has 4 aliphatic heterocycles. The van der Waals surface area contributed by atoms with Crippen molar-refractivity contribution in [3.05, 3.63) is 162 Å². The number of carboxylic acids is 1. The molecule has 12 nitrogen and oxygen atoms in total. The van der Waals surface area contributed by atoms with Crippen LogP contribution in [-0.4, -0.2) is 113 Å². The van der Waals surface area contributed by atoms with E-state index in [1.54, 1.807) is 54.7 Å². The molecule has 92 heavy (non-hydrogen) atoms. The summed E-state index contributed by atoms with van der Waals surface area (Å²) in [6.45, 7) is 8.69. The van der Waals surface area contributed by atoms with Gasteiger partial charge in [0.1, 0.15) is 18.1 Å². The number of aliphatic carboxylic acids is 1. The number of carbonyl (C=O) groups is 5. The van der Waals surface area contributed by atoms with E-state index in [0.29, 0.717) is 57.7 Å². The third-order valence-electron chi connectivity index (χ3n) is 13.3. The first-order valence-electron chi connectivity index (χ1n) is 26.9. The number of esters is 3. The Balaban J connectivity index is 0.000000411. The number of terminal acetylenes is 4. The number of benzene rings is 3. The third-order valence-corrected chi connectivity index (χ3v) is 20.8. The molecule has 2 radical (unpaired) electrons. The minimum Gasteiger partial charge on any atom is -0.478 e. The number of likely N-dealkylation sites (tertiary alicyclic amines) is 2. The number of hydrogen-bond donors (Lipinski definition) is 2. The Morgan fingerprint density at radius 1 is 0.685 bits per heavy atom. The summed E-state index contributed by atoms with van der Waals surface area (Å²) in [7, 11) is 3.73. The Morgan fingerprint density at radius 3 is 1.55 bits per heavy atom. The molecule has 2 saturated heterocycles. The molecule has 0 amide bonds. The average molecular weight is 1550 g/mol. The maximum atomic E-state index is 12.3. The van der Waals surface area contributed by atoms with Crippen LogP contribution in [0.3, 0.4) is 0 Å². The second-order valence-electron chi connectivity index (χ2n) is 18.6. The summed E-state index contributed by atoms with van der Waals surface area (Å²) < 4.78 is 14.9. The Labute approximate surface area is 626 Å². The third kappa shape index (κ3) is 25.4. The SMILES string of the molecule is C#CC#C[C-](P(C#CC)C#CC#C)P(C#CC#C)C#CC#C.COC(=O)[C@H](c1ccccc1Cl)N1CCC(S)C(=CC(=O)O)C1.COC(=O)[C@H](c1ccccc1Cl)N1CCC2SC(=O)C=C2C1.COC(=O)[C@H](c1ccccc1Cl)N1CCc2sccc2C1.[CH2-]P.[Y].[Y]. The molecule has 8 rings (SSSR count). The topological polar surface area (TPSA) is 143 Å². The second kappa shape index (κ2) is 45.6. The minimum atomic E-state index is -1.32. The Hall–Kier alpha value is -4.75. The number of piperidine rings is 2. The zero-order valence-corrected chi connectivity index (χ0v) is 64.0. The zero-order valence-electron chi connectivity index (χ0n) is 50.6. The average Bonchev–Trinajstić information content (AvgIpc) is 1.31. The molecule has 0 spiro atoms. The fraction of sp³-hybridized carbons (Fsp3) is 0.261. The van der Waals surface area contributed by atoms with Crippen molar-refractivity contribution in [3.63, 3.8) is 0 Å². The molecule has 4 aromatic rings. The molecule has 1 aromatic heterocycles. The number of ether oxygens (including phenoxy) is 3. The van der Waals surface area contributed by atoms with Crippen LogP contribution in [0.4, 0.5) is 0 Å². The van der Waals surface area contributed by atoms with E-state index in [-0.39, 0.29) is 93.0 Å². The van der Waals surface area contributed by atoms with Crippen molar-refractivity contribution in [1.29, 1.82) is 0 Å². The first-order chi connectivity index (χ1) is 43.5. The summed E-state index contributed by atoms with van der Waals surface area (Å²) in [5.41, 5.74) is 16.8. The van der Waals surface area contributed by atoms with Gasteiger partial charge in [-0.05, 0) is 131 Å². The molecule has 2 fully saturated rings. The fourth-order valence-corrected chi connectivity index (χ4v) is 15.3. The Morgan fingerprint density at radius 2 is 1.12 bits per heavy atom. The van der Waals surface area contributed by atoms with Crippen LogP contribution in [0.25, 0.3) is 0 Å². The van der Waals surface area contributed by atoms with Gasteiger partial charge in [0.25, 0.3) is 0 Å². The van der Waals surface area contributed by atoms with Gasteiger partial charge >= 0.3 is 23.9 Å². The zero-order chi connectivity index (χ0) is 66.1. The maximum Gasteiger partial charge on any atom is 0.328 e. The van der Waals surface area contributed by atoms with Gasteiger partial charge in [-0.3, -0.25) is 25.4 Å². The van der Waals surface area contributed by atoms with Crippen LogP contribution < -0.4 is 0 Å². The first kappa shape index (κ1) is 83.3. The van der Waals surface area contributed by atoms with Crippen LogP contribution in [-0.2, 0) is 117 Å².